The molecule has 5 heterocycles. The van der Waals surface area contributed by atoms with E-state index in [-0.39, 0.29) is 29.8 Å². The van der Waals surface area contributed by atoms with Crippen LogP contribution < -0.4 is 19.7 Å². The molecule has 5 aromatic rings. The number of hydrogen-bond acceptors (Lipinski definition) is 13. The van der Waals surface area contributed by atoms with E-state index in [0.717, 1.165) is 49.0 Å². The minimum absolute atomic E-state index is 0.0126. The van der Waals surface area contributed by atoms with Gasteiger partial charge < -0.3 is 29.4 Å². The van der Waals surface area contributed by atoms with Crippen molar-refractivity contribution in [2.75, 3.05) is 69.3 Å². The Morgan fingerprint density at radius 3 is 2.58 bits per heavy atom. The Labute approximate surface area is 363 Å². The Morgan fingerprint density at radius 1 is 1.02 bits per heavy atom. The number of sulfonamides is 1. The van der Waals surface area contributed by atoms with Crippen molar-refractivity contribution in [3.05, 3.63) is 111 Å². The van der Waals surface area contributed by atoms with Gasteiger partial charge in [-0.25, -0.2) is 23.1 Å². The largest absolute Gasteiger partial charge is 0.453 e. The van der Waals surface area contributed by atoms with Crippen LogP contribution in [0.4, 0.5) is 17.1 Å². The second-order valence-electron chi connectivity index (χ2n) is 16.4. The fraction of sp³-hybridized carbons (Fsp3) is 0.386. The zero-order valence-corrected chi connectivity index (χ0v) is 35.6. The highest BCUT2D eigenvalue weighted by atomic mass is 35.5. The van der Waals surface area contributed by atoms with Crippen LogP contribution in [0.2, 0.25) is 5.02 Å². The highest BCUT2D eigenvalue weighted by Gasteiger charge is 2.41. The first kappa shape index (κ1) is 41.7. The molecule has 16 nitrogen and oxygen atoms in total. The van der Waals surface area contributed by atoms with Gasteiger partial charge in [0, 0.05) is 68.0 Å². The average Bonchev–Trinajstić information content (AvgIpc) is 3.74. The highest BCUT2D eigenvalue weighted by molar-refractivity contribution is 7.90. The van der Waals surface area contributed by atoms with E-state index < -0.39 is 31.4 Å². The molecule has 1 amide bonds. The smallest absolute Gasteiger partial charge is 0.293 e. The van der Waals surface area contributed by atoms with Crippen LogP contribution in [0.5, 0.6) is 11.5 Å². The normalized spacial score (nSPS) is 19.3. The van der Waals surface area contributed by atoms with Gasteiger partial charge in [0.25, 0.3) is 21.6 Å². The number of nitro benzene ring substituents is 1. The third-order valence-electron chi connectivity index (χ3n) is 12.5. The van der Waals surface area contributed by atoms with E-state index >= 15 is 0 Å². The Kier molecular flexibility index (Phi) is 11.9. The highest BCUT2D eigenvalue weighted by Crippen LogP contribution is 2.55. The van der Waals surface area contributed by atoms with Gasteiger partial charge in [0.1, 0.15) is 17.1 Å². The maximum absolute atomic E-state index is 13.9. The van der Waals surface area contributed by atoms with Crippen molar-refractivity contribution in [2.24, 2.45) is 5.41 Å². The summed E-state index contributed by atoms with van der Waals surface area (Å²) in [7, 11) is -4.62. The second kappa shape index (κ2) is 17.6. The molecule has 4 aliphatic rings. The van der Waals surface area contributed by atoms with Crippen LogP contribution in [-0.4, -0.2) is 104 Å². The number of rotatable bonds is 13. The number of aromatic amines is 1. The standard InChI is InChI=1S/C44H47ClN8O8S/c45-32-4-2-29(3-5-32)37-23-44(10-1-11-44)12-8-31(37)27-51-14-16-52(17-15-51)33-21-40(61-34-20-30-9-13-46-42(30)49-25-34)41(48-24-33)43(54)50-62(57,58)36-6-7-38(39(22-36)53(55)56)47-26-35-28-59-18-19-60-35/h2-7,9,13,20-22,24-25,35,47H,1,8,10-12,14-19,23,26-28H2,(H,46,49)(H,50,54). The number of fused-ring (bicyclic) bond motifs is 1. The minimum Gasteiger partial charge on any atom is -0.453 e. The Balaban J connectivity index is 0.926. The molecule has 1 spiro atoms. The lowest BCUT2D eigenvalue weighted by Crippen LogP contribution is -2.47. The molecule has 62 heavy (non-hydrogen) atoms. The number of H-pyrrole nitrogens is 1. The Hall–Kier alpha value is -5.59. The molecule has 0 radical (unpaired) electrons. The quantitative estimate of drug-likeness (QED) is 0.0796. The van der Waals surface area contributed by atoms with Crippen molar-refractivity contribution in [3.63, 3.8) is 0 Å². The number of aromatic nitrogens is 3. The topological polar surface area (TPSA) is 194 Å². The van der Waals surface area contributed by atoms with Crippen LogP contribution in [0.25, 0.3) is 16.6 Å². The van der Waals surface area contributed by atoms with Gasteiger partial charge in [0.15, 0.2) is 11.4 Å². The lowest BCUT2D eigenvalue weighted by molar-refractivity contribution is -0.384. The Morgan fingerprint density at radius 2 is 1.84 bits per heavy atom. The lowest BCUT2D eigenvalue weighted by Gasteiger charge is -2.47. The summed E-state index contributed by atoms with van der Waals surface area (Å²) in [6.07, 6.45) is 11.8. The number of anilines is 2. The first-order valence-electron chi connectivity index (χ1n) is 20.8. The number of carbonyl (C=O) groups excluding carboxylic acids is 1. The number of halogens is 1. The van der Waals surface area contributed by atoms with Crippen molar-refractivity contribution >= 4 is 61.2 Å². The molecule has 1 atom stereocenters. The molecular formula is C44H47ClN8O8S. The number of nitro groups is 1. The van der Waals surface area contributed by atoms with Crippen molar-refractivity contribution < 1.29 is 32.3 Å². The molecule has 0 bridgehead atoms. The fourth-order valence-corrected chi connectivity index (χ4v) is 9.97. The molecule has 1 unspecified atom stereocenters. The summed E-state index contributed by atoms with van der Waals surface area (Å²) in [6.45, 7) is 5.27. The first-order valence-corrected chi connectivity index (χ1v) is 22.7. The van der Waals surface area contributed by atoms with Crippen molar-refractivity contribution in [2.45, 2.75) is 49.5 Å². The minimum atomic E-state index is -4.62. The van der Waals surface area contributed by atoms with Crippen molar-refractivity contribution in [1.29, 1.82) is 0 Å². The summed E-state index contributed by atoms with van der Waals surface area (Å²) in [6, 6.07) is 16.9. The molecule has 2 aliphatic heterocycles. The van der Waals surface area contributed by atoms with Crippen LogP contribution in [0, 0.1) is 15.5 Å². The monoisotopic (exact) mass is 882 g/mol. The molecular weight excluding hydrogens is 836 g/mol. The van der Waals surface area contributed by atoms with Gasteiger partial charge in [-0.15, -0.1) is 0 Å². The maximum atomic E-state index is 13.9. The van der Waals surface area contributed by atoms with E-state index in [9.17, 15) is 23.3 Å². The molecule has 2 saturated heterocycles. The number of nitrogens with one attached hydrogen (secondary N) is 3. The summed E-state index contributed by atoms with van der Waals surface area (Å²) >= 11 is 6.27. The Bertz CT molecular complexity index is 2620. The predicted molar refractivity (Wildman–Crippen MR) is 234 cm³/mol. The van der Waals surface area contributed by atoms with Crippen LogP contribution in [-0.2, 0) is 19.5 Å². The maximum Gasteiger partial charge on any atom is 0.293 e. The molecule has 2 aromatic carbocycles. The number of hydrogen-bond donors (Lipinski definition) is 3. The van der Waals surface area contributed by atoms with Gasteiger partial charge in [-0.1, -0.05) is 35.7 Å². The molecule has 3 fully saturated rings. The molecule has 3 aromatic heterocycles. The number of piperazine rings is 1. The van der Waals surface area contributed by atoms with Crippen molar-refractivity contribution in [3.8, 4) is 11.5 Å². The van der Waals surface area contributed by atoms with E-state index in [0.29, 0.717) is 55.4 Å². The fourth-order valence-electron chi connectivity index (χ4n) is 8.87. The molecule has 9 rings (SSSR count). The van der Waals surface area contributed by atoms with E-state index in [2.05, 4.69) is 42.2 Å². The van der Waals surface area contributed by atoms with E-state index in [1.807, 2.05) is 22.9 Å². The average molecular weight is 883 g/mol. The number of benzene rings is 2. The van der Waals surface area contributed by atoms with Crippen LogP contribution in [0.1, 0.15) is 54.6 Å². The SMILES string of the molecule is O=C(NS(=O)(=O)c1ccc(NCC2COCCO2)c([N+](=O)[O-])c1)c1ncc(N2CCN(CC3=C(c4ccc(Cl)cc4)CC4(CCC4)CC3)CC2)cc1Oc1cnc2[nH]ccc2c1. The summed E-state index contributed by atoms with van der Waals surface area (Å²) in [5.41, 5.74) is 5.31. The second-order valence-corrected chi connectivity index (χ2v) is 18.5. The van der Waals surface area contributed by atoms with Crippen LogP contribution in [0.3, 0.4) is 0 Å². The summed E-state index contributed by atoms with van der Waals surface area (Å²) < 4.78 is 46.5. The lowest BCUT2D eigenvalue weighted by atomic mass is 9.59. The predicted octanol–water partition coefficient (Wildman–Crippen LogP) is 7.19. The molecule has 2 aliphatic carbocycles. The molecule has 3 N–H and O–H groups in total. The third kappa shape index (κ3) is 9.13. The summed E-state index contributed by atoms with van der Waals surface area (Å²) in [5, 5.41) is 16.5. The molecule has 18 heteroatoms. The van der Waals surface area contributed by atoms with E-state index in [1.54, 1.807) is 18.3 Å². The zero-order valence-electron chi connectivity index (χ0n) is 34.0. The summed E-state index contributed by atoms with van der Waals surface area (Å²) in [4.78, 5) is 41.3. The number of amides is 1. The van der Waals surface area contributed by atoms with E-state index in [1.165, 1.54) is 66.9 Å². The number of allylic oxidation sites excluding steroid dienone is 1. The van der Waals surface area contributed by atoms with Gasteiger partial charge >= 0.3 is 0 Å². The molecule has 1 saturated carbocycles. The number of pyridine rings is 2. The first-order chi connectivity index (χ1) is 30.0. The van der Waals surface area contributed by atoms with Gasteiger partial charge in [0.05, 0.1) is 53.8 Å². The van der Waals surface area contributed by atoms with Gasteiger partial charge in [-0.2, -0.15) is 0 Å². The number of ether oxygens (including phenoxy) is 3. The van der Waals surface area contributed by atoms with Crippen molar-refractivity contribution in [1.82, 2.24) is 24.6 Å². The van der Waals surface area contributed by atoms with Crippen LogP contribution in [0.15, 0.2) is 89.7 Å². The van der Waals surface area contributed by atoms with Gasteiger partial charge in [0.2, 0.25) is 0 Å². The number of nitrogens with zero attached hydrogens (tertiary/aromatic N) is 5. The number of carbonyl (C=O) groups is 1. The molecule has 324 valence electrons. The van der Waals surface area contributed by atoms with Crippen LogP contribution >= 0.6 is 11.6 Å². The van der Waals surface area contributed by atoms with Gasteiger partial charge in [-0.05, 0) is 85.1 Å². The zero-order chi connectivity index (χ0) is 42.8. The summed E-state index contributed by atoms with van der Waals surface area (Å²) in [5.74, 6) is -0.756. The van der Waals surface area contributed by atoms with E-state index in [4.69, 9.17) is 25.8 Å². The van der Waals surface area contributed by atoms with Gasteiger partial charge in [-0.3, -0.25) is 19.8 Å². The third-order valence-corrected chi connectivity index (χ3v) is 14.0.